The molecule has 3 aromatic rings. The van der Waals surface area contributed by atoms with Crippen molar-refractivity contribution in [2.24, 2.45) is 11.3 Å². The molecule has 1 amide bonds. The van der Waals surface area contributed by atoms with Crippen LogP contribution in [-0.4, -0.2) is 155 Å². The Morgan fingerprint density at radius 1 is 1.03 bits per heavy atom. The van der Waals surface area contributed by atoms with Gasteiger partial charge in [-0.1, -0.05) is 44.2 Å². The number of ether oxygens (including phenoxy) is 3. The number of esters is 2. The van der Waals surface area contributed by atoms with Gasteiger partial charge in [-0.3, -0.25) is 19.4 Å². The first kappa shape index (κ1) is 44.7. The Bertz CT molecular complexity index is 2400. The van der Waals surface area contributed by atoms with Gasteiger partial charge in [0.05, 0.1) is 38.6 Å². The minimum atomic E-state index is -2.60. The Hall–Kier alpha value is -4.51. The lowest BCUT2D eigenvalue weighted by Crippen LogP contribution is -2.87. The van der Waals surface area contributed by atoms with Crippen molar-refractivity contribution in [2.75, 3.05) is 72.1 Å². The maximum atomic E-state index is 15.4. The molecule has 11 atom stereocenters. The van der Waals surface area contributed by atoms with Gasteiger partial charge in [0.2, 0.25) is 0 Å². The van der Waals surface area contributed by atoms with Crippen molar-refractivity contribution in [2.45, 2.75) is 112 Å². The van der Waals surface area contributed by atoms with Crippen LogP contribution in [0.25, 0.3) is 10.9 Å². The second-order valence-electron chi connectivity index (χ2n) is 19.6. The van der Waals surface area contributed by atoms with Crippen LogP contribution >= 0.6 is 0 Å². The van der Waals surface area contributed by atoms with E-state index < -0.39 is 75.6 Å². The normalized spacial score (nSPS) is 36.7. The third-order valence-corrected chi connectivity index (χ3v) is 17.1. The number of carbonyl (C=O) groups is 3. The summed E-state index contributed by atoms with van der Waals surface area (Å²) in [6.07, 6.45) is 5.01. The fourth-order valence-electron chi connectivity index (χ4n) is 14.1. The SMILES string of the molecule is CCOC(=O)[C@H](CO)NC(=O)[C@@]1(O)[C@H](O)[C@]2(CC)C=CCN3CC[C@@]4(c5cc([C@@]6(C(=O)OC)C[C@H]7CN(CCc8c6[nH]c6ccccc86)C[C@](O)(CC)C7)c(OC)cc5N(C)[C@@]14C)[C@@H]32. The third-order valence-electron chi connectivity index (χ3n) is 17.1. The first-order valence-electron chi connectivity index (χ1n) is 23.1. The van der Waals surface area contributed by atoms with E-state index in [1.165, 1.54) is 7.11 Å². The number of piperidine rings is 1. The molecule has 2 bridgehead atoms. The lowest BCUT2D eigenvalue weighted by molar-refractivity contribution is -0.224. The first-order chi connectivity index (χ1) is 30.5. The predicted molar refractivity (Wildman–Crippen MR) is 239 cm³/mol. The van der Waals surface area contributed by atoms with Gasteiger partial charge in [-0.2, -0.15) is 0 Å². The summed E-state index contributed by atoms with van der Waals surface area (Å²) in [7, 11) is 4.79. The second-order valence-corrected chi connectivity index (χ2v) is 19.6. The average molecular weight is 884 g/mol. The van der Waals surface area contributed by atoms with Crippen molar-refractivity contribution in [3.05, 3.63) is 70.9 Å². The summed E-state index contributed by atoms with van der Waals surface area (Å²) < 4.78 is 17.5. The Morgan fingerprint density at radius 3 is 2.48 bits per heavy atom. The smallest absolute Gasteiger partial charge is 0.331 e. The molecule has 6 aliphatic rings. The molecule has 2 saturated heterocycles. The van der Waals surface area contributed by atoms with Gasteiger partial charge in [0.1, 0.15) is 17.3 Å². The molecule has 6 heterocycles. The number of benzene rings is 2. The summed E-state index contributed by atoms with van der Waals surface area (Å²) >= 11 is 0. The Balaban J connectivity index is 1.34. The van der Waals surface area contributed by atoms with Crippen molar-refractivity contribution in [3.8, 4) is 5.75 Å². The molecule has 2 aromatic carbocycles. The molecule has 1 unspecified atom stereocenters. The van der Waals surface area contributed by atoms with Crippen molar-refractivity contribution in [3.63, 3.8) is 0 Å². The number of carbonyl (C=O) groups excluding carboxylic acids is 3. The van der Waals surface area contributed by atoms with Crippen LogP contribution in [0.5, 0.6) is 5.75 Å². The summed E-state index contributed by atoms with van der Waals surface area (Å²) in [5.41, 5.74) is -4.34. The number of hydrogen-bond donors (Lipinski definition) is 6. The Labute approximate surface area is 374 Å². The number of H-pyrrole nitrogens is 1. The number of fused-ring (bicyclic) bond motifs is 6. The second kappa shape index (κ2) is 15.6. The molecule has 1 aliphatic carbocycles. The van der Waals surface area contributed by atoms with E-state index >= 15 is 9.59 Å². The molecule has 15 nitrogen and oxygen atoms in total. The molecule has 9 rings (SSSR count). The monoisotopic (exact) mass is 883 g/mol. The molecular formula is C49H65N5O10. The quantitative estimate of drug-likeness (QED) is 0.129. The Kier molecular flexibility index (Phi) is 10.9. The highest BCUT2D eigenvalue weighted by molar-refractivity contribution is 5.97. The van der Waals surface area contributed by atoms with E-state index in [-0.39, 0.29) is 18.9 Å². The number of nitrogens with zero attached hydrogens (tertiary/aromatic N) is 3. The van der Waals surface area contributed by atoms with E-state index in [0.29, 0.717) is 87.5 Å². The zero-order chi connectivity index (χ0) is 45.8. The minimum Gasteiger partial charge on any atom is -0.496 e. The van der Waals surface area contributed by atoms with Crippen LogP contribution < -0.4 is 15.0 Å². The Morgan fingerprint density at radius 2 is 1.80 bits per heavy atom. The summed E-state index contributed by atoms with van der Waals surface area (Å²) in [4.78, 5) is 53.9. The number of methoxy groups -OCH3 is 2. The lowest BCUT2D eigenvalue weighted by atomic mass is 9.42. The van der Waals surface area contributed by atoms with Gasteiger partial charge in [-0.05, 0) is 88.1 Å². The van der Waals surface area contributed by atoms with Gasteiger partial charge < -0.3 is 49.8 Å². The molecule has 346 valence electrons. The van der Waals surface area contributed by atoms with Crippen LogP contribution in [0.3, 0.4) is 0 Å². The van der Waals surface area contributed by atoms with Crippen LogP contribution in [0.4, 0.5) is 5.69 Å². The topological polar surface area (TPSA) is 197 Å². The van der Waals surface area contributed by atoms with Crippen molar-refractivity contribution in [1.82, 2.24) is 20.1 Å². The molecule has 3 fully saturated rings. The van der Waals surface area contributed by atoms with Crippen LogP contribution in [0, 0.1) is 11.3 Å². The number of aromatic amines is 1. The highest BCUT2D eigenvalue weighted by Crippen LogP contribution is 2.71. The minimum absolute atomic E-state index is 0.00788. The van der Waals surface area contributed by atoms with Gasteiger partial charge in [0.15, 0.2) is 11.6 Å². The fourth-order valence-corrected chi connectivity index (χ4v) is 14.1. The number of amides is 1. The van der Waals surface area contributed by atoms with Crippen molar-refractivity contribution in [1.29, 1.82) is 0 Å². The number of aliphatic hydroxyl groups is 4. The summed E-state index contributed by atoms with van der Waals surface area (Å²) in [5.74, 6) is -2.11. The average Bonchev–Trinajstić information content (AvgIpc) is 3.95. The van der Waals surface area contributed by atoms with Gasteiger partial charge >= 0.3 is 11.9 Å². The van der Waals surface area contributed by atoms with Crippen LogP contribution in [-0.2, 0) is 41.1 Å². The zero-order valence-corrected chi connectivity index (χ0v) is 38.2. The molecule has 15 heteroatoms. The first-order valence-corrected chi connectivity index (χ1v) is 23.1. The highest BCUT2D eigenvalue weighted by atomic mass is 16.5. The van der Waals surface area contributed by atoms with E-state index in [4.69, 9.17) is 14.2 Å². The fraction of sp³-hybridized carbons (Fsp3) is 0.612. The number of aliphatic hydroxyl groups excluding tert-OH is 2. The van der Waals surface area contributed by atoms with Crippen LogP contribution in [0.2, 0.25) is 0 Å². The van der Waals surface area contributed by atoms with E-state index in [9.17, 15) is 25.2 Å². The van der Waals surface area contributed by atoms with Gasteiger partial charge in [-0.15, -0.1) is 0 Å². The van der Waals surface area contributed by atoms with E-state index in [1.54, 1.807) is 21.1 Å². The number of likely N-dealkylation sites (N-methyl/N-ethyl adjacent to an activating group) is 1. The lowest BCUT2D eigenvalue weighted by Gasteiger charge is -2.68. The zero-order valence-electron chi connectivity index (χ0n) is 38.2. The number of para-hydroxylation sites is 1. The molecule has 0 radical (unpaired) electrons. The largest absolute Gasteiger partial charge is 0.496 e. The molecule has 5 aliphatic heterocycles. The summed E-state index contributed by atoms with van der Waals surface area (Å²) in [6, 6.07) is 10.1. The van der Waals surface area contributed by atoms with E-state index in [1.807, 2.05) is 62.1 Å². The standard InChI is InChI=1S/C49H65N5O10/c1-8-45(60)24-29-25-47(43(59)63-7,38-31(16-20-53(26-29)28-45)30-14-11-12-15-34(30)50-38)33-22-32-36(23-37(33)62-6)52(5)44(4)48(32)18-21-54-19-13-17-46(9-2,40(48)54)41(57)49(44,61)42(58)51-35(27-55)39(56)64-10-3/h11-15,17,22-23,29,35,40-41,50,55,57,60-61H,8-10,16,18-21,24-28H2,1-7H3,(H,51,58)/t29-,35-,40-,41+,44+,45-,46+,47-,48+,49-/m0/s1. The van der Waals surface area contributed by atoms with Gasteiger partial charge in [0, 0.05) is 84.0 Å². The van der Waals surface area contributed by atoms with Gasteiger partial charge in [0.25, 0.3) is 5.91 Å². The number of rotatable bonds is 10. The highest BCUT2D eigenvalue weighted by Gasteiger charge is 2.84. The van der Waals surface area contributed by atoms with Crippen molar-refractivity contribution < 1.29 is 49.0 Å². The number of aromatic nitrogens is 1. The van der Waals surface area contributed by atoms with Crippen molar-refractivity contribution >= 4 is 34.4 Å². The molecular weight excluding hydrogens is 819 g/mol. The maximum absolute atomic E-state index is 15.4. The van der Waals surface area contributed by atoms with Gasteiger partial charge in [-0.25, -0.2) is 4.79 Å². The summed E-state index contributed by atoms with van der Waals surface area (Å²) in [5, 5.41) is 52.6. The molecule has 64 heavy (non-hydrogen) atoms. The predicted octanol–water partition coefficient (Wildman–Crippen LogP) is 2.68. The maximum Gasteiger partial charge on any atom is 0.331 e. The molecule has 1 aromatic heterocycles. The molecule has 1 saturated carbocycles. The van der Waals surface area contributed by atoms with E-state index in [2.05, 4.69) is 32.2 Å². The number of nitrogens with one attached hydrogen (secondary N) is 2. The molecule has 1 spiro atoms. The summed E-state index contributed by atoms with van der Waals surface area (Å²) in [6.45, 7) is 9.66. The third kappa shape index (κ3) is 5.63. The van der Waals surface area contributed by atoms with Crippen LogP contribution in [0.15, 0.2) is 48.6 Å². The number of hydrogen-bond acceptors (Lipinski definition) is 13. The van der Waals surface area contributed by atoms with Crippen LogP contribution in [0.1, 0.15) is 82.2 Å². The van der Waals surface area contributed by atoms with E-state index in [0.717, 1.165) is 22.0 Å². The number of anilines is 1. The molecule has 6 N–H and O–H groups in total.